The highest BCUT2D eigenvalue weighted by molar-refractivity contribution is 5.94. The van der Waals surface area contributed by atoms with Crippen LogP contribution in [-0.4, -0.2) is 25.0 Å². The van der Waals surface area contributed by atoms with Gasteiger partial charge in [0.2, 0.25) is 5.91 Å². The first-order valence-electron chi connectivity index (χ1n) is 5.33. The normalized spacial score (nSPS) is 10.3. The van der Waals surface area contributed by atoms with E-state index >= 15 is 0 Å². The van der Waals surface area contributed by atoms with E-state index in [0.29, 0.717) is 13.2 Å². The molecule has 0 aromatic heterocycles. The Morgan fingerprint density at radius 3 is 2.53 bits per heavy atom. The first-order valence-corrected chi connectivity index (χ1v) is 5.33. The van der Waals surface area contributed by atoms with Crippen LogP contribution in [0, 0.1) is 0 Å². The molecular weight excluding hydrogens is 194 g/mol. The van der Waals surface area contributed by atoms with Gasteiger partial charge in [-0.3, -0.25) is 4.79 Å². The molecule has 0 saturated carbocycles. The minimum absolute atomic E-state index is 0.260. The van der Waals surface area contributed by atoms with Gasteiger partial charge >= 0.3 is 5.97 Å². The summed E-state index contributed by atoms with van der Waals surface area (Å²) in [6.45, 7) is 5.01. The van der Waals surface area contributed by atoms with Crippen LogP contribution in [0.3, 0.4) is 0 Å². The van der Waals surface area contributed by atoms with E-state index in [1.54, 1.807) is 0 Å². The Labute approximate surface area is 90.7 Å². The molecule has 1 amide bonds. The second-order valence-corrected chi connectivity index (χ2v) is 3.15. The van der Waals surface area contributed by atoms with Crippen LogP contribution in [-0.2, 0) is 14.3 Å². The minimum atomic E-state index is -0.463. The van der Waals surface area contributed by atoms with Crippen LogP contribution < -0.4 is 5.32 Å². The molecule has 0 rings (SSSR count). The number of unbranched alkanes of at least 4 members (excludes halogenated alkanes) is 1. The molecule has 0 aliphatic carbocycles. The summed E-state index contributed by atoms with van der Waals surface area (Å²) < 4.78 is 4.83. The van der Waals surface area contributed by atoms with Crippen molar-refractivity contribution >= 4 is 11.9 Å². The largest absolute Gasteiger partial charge is 0.463 e. The summed E-state index contributed by atoms with van der Waals surface area (Å²) in [6.07, 6.45) is 5.06. The summed E-state index contributed by atoms with van der Waals surface area (Å²) in [7, 11) is 0. The number of hydrogen-bond acceptors (Lipinski definition) is 3. The Morgan fingerprint density at radius 2 is 1.93 bits per heavy atom. The lowest BCUT2D eigenvalue weighted by atomic mass is 10.4. The lowest BCUT2D eigenvalue weighted by Crippen LogP contribution is -2.21. The highest BCUT2D eigenvalue weighted by Gasteiger charge is 1.98. The fourth-order valence-electron chi connectivity index (χ4n) is 0.816. The molecule has 0 spiro atoms. The summed E-state index contributed by atoms with van der Waals surface area (Å²) in [5.74, 6) is -0.723. The van der Waals surface area contributed by atoms with Crippen molar-refractivity contribution in [3.63, 3.8) is 0 Å². The maximum Gasteiger partial charge on any atom is 0.330 e. The first kappa shape index (κ1) is 13.7. The fourth-order valence-corrected chi connectivity index (χ4v) is 0.816. The Hall–Kier alpha value is -1.32. The van der Waals surface area contributed by atoms with Crippen LogP contribution >= 0.6 is 0 Å². The van der Waals surface area contributed by atoms with Crippen molar-refractivity contribution in [1.29, 1.82) is 0 Å². The third-order valence-corrected chi connectivity index (χ3v) is 1.66. The molecule has 1 N–H and O–H groups in total. The predicted molar refractivity (Wildman–Crippen MR) is 58.3 cm³/mol. The van der Waals surface area contributed by atoms with Gasteiger partial charge in [0, 0.05) is 18.7 Å². The molecule has 86 valence electrons. The predicted octanol–water partition coefficient (Wildman–Crippen LogP) is 1.41. The first-order chi connectivity index (χ1) is 7.20. The lowest BCUT2D eigenvalue weighted by Gasteiger charge is -1.99. The van der Waals surface area contributed by atoms with Crippen LogP contribution in [0.25, 0.3) is 0 Å². The Morgan fingerprint density at radius 1 is 1.20 bits per heavy atom. The van der Waals surface area contributed by atoms with Crippen molar-refractivity contribution in [2.24, 2.45) is 0 Å². The second-order valence-electron chi connectivity index (χ2n) is 3.15. The summed E-state index contributed by atoms with van der Waals surface area (Å²) in [5.41, 5.74) is 0. The fraction of sp³-hybridized carbons (Fsp3) is 0.636. The van der Waals surface area contributed by atoms with E-state index in [2.05, 4.69) is 5.32 Å². The van der Waals surface area contributed by atoms with E-state index in [0.717, 1.165) is 25.3 Å². The highest BCUT2D eigenvalue weighted by Crippen LogP contribution is 1.89. The van der Waals surface area contributed by atoms with E-state index in [9.17, 15) is 9.59 Å². The van der Waals surface area contributed by atoms with E-state index in [1.165, 1.54) is 6.08 Å². The van der Waals surface area contributed by atoms with Gasteiger partial charge in [0.1, 0.15) is 0 Å². The van der Waals surface area contributed by atoms with Gasteiger partial charge in [-0.15, -0.1) is 0 Å². The number of esters is 1. The van der Waals surface area contributed by atoms with Gasteiger partial charge in [-0.25, -0.2) is 4.79 Å². The number of carbonyl (C=O) groups excluding carboxylic acids is 2. The van der Waals surface area contributed by atoms with Crippen molar-refractivity contribution < 1.29 is 14.3 Å². The van der Waals surface area contributed by atoms with Gasteiger partial charge in [-0.05, 0) is 12.8 Å². The molecule has 0 aliphatic heterocycles. The highest BCUT2D eigenvalue weighted by atomic mass is 16.5. The molecule has 0 heterocycles. The third kappa shape index (κ3) is 9.00. The van der Waals surface area contributed by atoms with Crippen LogP contribution in [0.4, 0.5) is 0 Å². The SMILES string of the molecule is CCCCOC(=O)C=CC(=O)NCCC. The molecule has 15 heavy (non-hydrogen) atoms. The van der Waals surface area contributed by atoms with E-state index < -0.39 is 5.97 Å². The van der Waals surface area contributed by atoms with Gasteiger partial charge in [0.15, 0.2) is 0 Å². The van der Waals surface area contributed by atoms with Crippen LogP contribution in [0.1, 0.15) is 33.1 Å². The van der Waals surface area contributed by atoms with Gasteiger partial charge in [0.05, 0.1) is 6.61 Å². The molecule has 0 fully saturated rings. The molecule has 0 bridgehead atoms. The summed E-state index contributed by atoms with van der Waals surface area (Å²) in [6, 6.07) is 0. The number of carbonyl (C=O) groups is 2. The smallest absolute Gasteiger partial charge is 0.330 e. The summed E-state index contributed by atoms with van der Waals surface area (Å²) in [4.78, 5) is 22.0. The molecule has 0 atom stereocenters. The average Bonchev–Trinajstić information content (AvgIpc) is 2.24. The van der Waals surface area contributed by atoms with Crippen molar-refractivity contribution in [3.05, 3.63) is 12.2 Å². The summed E-state index contributed by atoms with van der Waals surface area (Å²) >= 11 is 0. The molecule has 0 saturated heterocycles. The van der Waals surface area contributed by atoms with E-state index in [-0.39, 0.29) is 5.91 Å². The average molecular weight is 213 g/mol. The molecule has 0 aliphatic rings. The second kappa shape index (κ2) is 9.24. The monoisotopic (exact) mass is 213 g/mol. The van der Waals surface area contributed by atoms with Crippen LogP contribution in [0.2, 0.25) is 0 Å². The maximum atomic E-state index is 11.0. The maximum absolute atomic E-state index is 11.0. The van der Waals surface area contributed by atoms with E-state index in [1.807, 2.05) is 13.8 Å². The molecular formula is C11H19NO3. The molecule has 0 aromatic rings. The zero-order valence-corrected chi connectivity index (χ0v) is 9.41. The topological polar surface area (TPSA) is 55.4 Å². The Bertz CT molecular complexity index is 224. The number of ether oxygens (including phenoxy) is 1. The number of amides is 1. The van der Waals surface area contributed by atoms with Crippen molar-refractivity contribution in [2.75, 3.05) is 13.2 Å². The molecule has 4 nitrogen and oxygen atoms in total. The van der Waals surface area contributed by atoms with E-state index in [4.69, 9.17) is 4.74 Å². The molecule has 0 radical (unpaired) electrons. The van der Waals surface area contributed by atoms with Crippen LogP contribution in [0.5, 0.6) is 0 Å². The molecule has 4 heteroatoms. The van der Waals surface area contributed by atoms with Gasteiger partial charge in [-0.1, -0.05) is 20.3 Å². The van der Waals surface area contributed by atoms with Gasteiger partial charge in [-0.2, -0.15) is 0 Å². The number of rotatable bonds is 7. The lowest BCUT2D eigenvalue weighted by molar-refractivity contribution is -0.138. The molecule has 0 unspecified atom stereocenters. The zero-order valence-electron chi connectivity index (χ0n) is 9.41. The van der Waals surface area contributed by atoms with Gasteiger partial charge in [0.25, 0.3) is 0 Å². The Balaban J connectivity index is 3.65. The summed E-state index contributed by atoms with van der Waals surface area (Å²) in [5, 5.41) is 2.62. The van der Waals surface area contributed by atoms with Crippen molar-refractivity contribution in [2.45, 2.75) is 33.1 Å². The number of nitrogens with one attached hydrogen (secondary N) is 1. The number of hydrogen-bond donors (Lipinski definition) is 1. The molecule has 0 aromatic carbocycles. The standard InChI is InChI=1S/C11H19NO3/c1-3-5-9-15-11(14)7-6-10(13)12-8-4-2/h6-7H,3-5,8-9H2,1-2H3,(H,12,13). The Kier molecular flexibility index (Phi) is 8.43. The minimum Gasteiger partial charge on any atom is -0.463 e. The van der Waals surface area contributed by atoms with Crippen LogP contribution in [0.15, 0.2) is 12.2 Å². The van der Waals surface area contributed by atoms with Crippen molar-refractivity contribution in [3.8, 4) is 0 Å². The van der Waals surface area contributed by atoms with Crippen molar-refractivity contribution in [1.82, 2.24) is 5.32 Å². The van der Waals surface area contributed by atoms with Gasteiger partial charge < -0.3 is 10.1 Å². The third-order valence-electron chi connectivity index (χ3n) is 1.66. The zero-order chi connectivity index (χ0) is 11.5. The quantitative estimate of drug-likeness (QED) is 0.395.